The fraction of sp³-hybridized carbons (Fsp3) is 0.667. The molecule has 1 aliphatic rings. The van der Waals surface area contributed by atoms with Crippen LogP contribution in [0.1, 0.15) is 73.0 Å². The second-order valence-corrected chi connectivity index (χ2v) is 6.72. The number of Topliss-reactive ketones (excluding diaryl/α,β-unsaturated/α-hetero) is 1. The highest BCUT2D eigenvalue weighted by molar-refractivity contribution is 7.17. The molecule has 1 aliphatic carbocycles. The van der Waals surface area contributed by atoms with Gasteiger partial charge in [-0.2, -0.15) is 0 Å². The summed E-state index contributed by atoms with van der Waals surface area (Å²) < 4.78 is 4.97. The zero-order chi connectivity index (χ0) is 15.5. The van der Waals surface area contributed by atoms with Crippen molar-refractivity contribution in [1.29, 1.82) is 0 Å². The monoisotopic (exact) mass is 310 g/mol. The van der Waals surface area contributed by atoms with Gasteiger partial charge in [-0.25, -0.2) is 9.78 Å². The van der Waals surface area contributed by atoms with Crippen LogP contribution in [0, 0.1) is 0 Å². The zero-order valence-electron chi connectivity index (χ0n) is 12.8. The normalized spacial score (nSPS) is 17.3. The molecule has 0 aliphatic heterocycles. The van der Waals surface area contributed by atoms with Gasteiger partial charge < -0.3 is 10.1 Å². The van der Waals surface area contributed by atoms with Crippen LogP contribution in [0.25, 0.3) is 0 Å². The molecular formula is C15H22N2O3S. The number of hydrogen-bond donors (Lipinski definition) is 1. The van der Waals surface area contributed by atoms with Gasteiger partial charge >= 0.3 is 5.97 Å². The lowest BCUT2D eigenvalue weighted by Gasteiger charge is -2.34. The first-order valence-electron chi connectivity index (χ1n) is 7.42. The maximum atomic E-state index is 11.9. The van der Waals surface area contributed by atoms with Crippen molar-refractivity contribution in [2.45, 2.75) is 58.4 Å². The summed E-state index contributed by atoms with van der Waals surface area (Å²) in [7, 11) is 0. The average molecular weight is 310 g/mol. The van der Waals surface area contributed by atoms with E-state index in [4.69, 9.17) is 4.74 Å². The average Bonchev–Trinajstić information content (AvgIpc) is 2.83. The van der Waals surface area contributed by atoms with Crippen LogP contribution in [0.5, 0.6) is 0 Å². The van der Waals surface area contributed by atoms with Crippen LogP contribution >= 0.6 is 11.3 Å². The van der Waals surface area contributed by atoms with Gasteiger partial charge in [-0.3, -0.25) is 4.79 Å². The van der Waals surface area contributed by atoms with Crippen molar-refractivity contribution in [2.24, 2.45) is 0 Å². The van der Waals surface area contributed by atoms with Gasteiger partial charge in [-0.1, -0.05) is 30.6 Å². The summed E-state index contributed by atoms with van der Waals surface area (Å²) in [6, 6.07) is 0. The number of aromatic nitrogens is 1. The number of ether oxygens (including phenoxy) is 1. The fourth-order valence-corrected chi connectivity index (χ4v) is 3.66. The maximum Gasteiger partial charge on any atom is 0.358 e. The molecule has 1 saturated carbocycles. The number of carbonyl (C=O) groups is 2. The van der Waals surface area contributed by atoms with E-state index in [1.807, 2.05) is 0 Å². The first-order chi connectivity index (χ1) is 9.95. The molecule has 1 heterocycles. The van der Waals surface area contributed by atoms with Gasteiger partial charge in [0.1, 0.15) is 4.88 Å². The summed E-state index contributed by atoms with van der Waals surface area (Å²) in [5.74, 6) is -0.682. The summed E-state index contributed by atoms with van der Waals surface area (Å²) in [6.07, 6.45) is 5.81. The second-order valence-electron chi connectivity index (χ2n) is 5.72. The van der Waals surface area contributed by atoms with Crippen LogP contribution in [-0.2, 0) is 4.74 Å². The third-order valence-electron chi connectivity index (χ3n) is 3.78. The minimum atomic E-state index is -0.527. The number of anilines is 1. The highest BCUT2D eigenvalue weighted by Crippen LogP contribution is 2.33. The molecule has 0 radical (unpaired) electrons. The van der Waals surface area contributed by atoms with E-state index in [-0.39, 0.29) is 23.6 Å². The minimum Gasteiger partial charge on any atom is -0.461 e. The molecule has 6 heteroatoms. The first-order valence-corrected chi connectivity index (χ1v) is 8.24. The number of ketones is 1. The van der Waals surface area contributed by atoms with Crippen LogP contribution in [0.15, 0.2) is 0 Å². The molecular weight excluding hydrogens is 288 g/mol. The molecule has 0 aromatic carbocycles. The molecule has 0 atom stereocenters. The Morgan fingerprint density at radius 3 is 2.57 bits per heavy atom. The minimum absolute atomic E-state index is 0.00388. The molecule has 2 rings (SSSR count). The molecule has 0 unspecified atom stereocenters. The van der Waals surface area contributed by atoms with E-state index in [0.717, 1.165) is 12.8 Å². The van der Waals surface area contributed by atoms with Crippen molar-refractivity contribution in [2.75, 3.05) is 11.9 Å². The third kappa shape index (κ3) is 3.81. The van der Waals surface area contributed by atoms with Crippen LogP contribution in [0.3, 0.4) is 0 Å². The summed E-state index contributed by atoms with van der Waals surface area (Å²) in [6.45, 7) is 5.63. The van der Waals surface area contributed by atoms with Crippen molar-refractivity contribution >= 4 is 28.2 Å². The molecule has 5 nitrogen and oxygen atoms in total. The number of rotatable bonds is 5. The largest absolute Gasteiger partial charge is 0.461 e. The lowest BCUT2D eigenvalue weighted by Crippen LogP contribution is -2.36. The van der Waals surface area contributed by atoms with Crippen molar-refractivity contribution < 1.29 is 14.3 Å². The van der Waals surface area contributed by atoms with E-state index in [2.05, 4.69) is 17.2 Å². The quantitative estimate of drug-likeness (QED) is 0.664. The summed E-state index contributed by atoms with van der Waals surface area (Å²) in [5, 5.41) is 4.05. The van der Waals surface area contributed by atoms with Crippen LogP contribution in [0.2, 0.25) is 0 Å². The van der Waals surface area contributed by atoms with E-state index in [9.17, 15) is 9.59 Å². The number of carbonyl (C=O) groups excluding carboxylic acids is 2. The Bertz CT molecular complexity index is 533. The summed E-state index contributed by atoms with van der Waals surface area (Å²) in [5.41, 5.74) is 0.132. The molecule has 0 amide bonds. The van der Waals surface area contributed by atoms with Crippen LogP contribution < -0.4 is 5.32 Å². The van der Waals surface area contributed by atoms with Gasteiger partial charge in [0, 0.05) is 12.5 Å². The fourth-order valence-electron chi connectivity index (χ4n) is 2.67. The second kappa shape index (κ2) is 6.56. The lowest BCUT2D eigenvalue weighted by molar-refractivity contribution is 0.0517. The Morgan fingerprint density at radius 2 is 2.00 bits per heavy atom. The van der Waals surface area contributed by atoms with E-state index in [1.54, 1.807) is 6.92 Å². The molecule has 116 valence electrons. The number of hydrogen-bond acceptors (Lipinski definition) is 6. The molecule has 1 N–H and O–H groups in total. The highest BCUT2D eigenvalue weighted by Gasteiger charge is 2.29. The Balaban J connectivity index is 2.22. The third-order valence-corrected chi connectivity index (χ3v) is 4.85. The van der Waals surface area contributed by atoms with Gasteiger partial charge in [0.05, 0.1) is 6.61 Å². The number of nitrogens with zero attached hydrogens (tertiary/aromatic N) is 1. The number of thiazole rings is 1. The van der Waals surface area contributed by atoms with Crippen molar-refractivity contribution in [3.63, 3.8) is 0 Å². The van der Waals surface area contributed by atoms with E-state index in [1.165, 1.54) is 37.5 Å². The van der Waals surface area contributed by atoms with Crippen LogP contribution in [-0.4, -0.2) is 28.9 Å². The molecule has 21 heavy (non-hydrogen) atoms. The van der Waals surface area contributed by atoms with Gasteiger partial charge in [-0.05, 0) is 26.7 Å². The van der Waals surface area contributed by atoms with Crippen molar-refractivity contribution in [1.82, 2.24) is 4.98 Å². The highest BCUT2D eigenvalue weighted by atomic mass is 32.1. The van der Waals surface area contributed by atoms with E-state index in [0.29, 0.717) is 10.0 Å². The number of nitrogens with one attached hydrogen (secondary N) is 1. The van der Waals surface area contributed by atoms with Gasteiger partial charge in [-0.15, -0.1) is 0 Å². The topological polar surface area (TPSA) is 68.3 Å². The predicted octanol–water partition coefficient (Wildman–Crippen LogP) is 3.66. The maximum absolute atomic E-state index is 11.9. The van der Waals surface area contributed by atoms with Crippen LogP contribution in [0.4, 0.5) is 5.13 Å². The Hall–Kier alpha value is -1.43. The number of esters is 1. The van der Waals surface area contributed by atoms with E-state index >= 15 is 0 Å². The standard InChI is InChI=1S/C15H22N2O3S/c1-4-20-13(19)11-12(10(2)18)21-14(16-11)17-15(3)8-6-5-7-9-15/h4-9H2,1-3H3,(H,16,17). The van der Waals surface area contributed by atoms with Gasteiger partial charge in [0.25, 0.3) is 0 Å². The molecule has 1 fully saturated rings. The molecule has 1 aromatic heterocycles. The molecule has 0 saturated heterocycles. The molecule has 0 bridgehead atoms. The summed E-state index contributed by atoms with van der Waals surface area (Å²) in [4.78, 5) is 28.3. The van der Waals surface area contributed by atoms with Crippen molar-refractivity contribution in [3.8, 4) is 0 Å². The Morgan fingerprint density at radius 1 is 1.33 bits per heavy atom. The first kappa shape index (κ1) is 15.9. The molecule has 1 aromatic rings. The zero-order valence-corrected chi connectivity index (χ0v) is 13.6. The van der Waals surface area contributed by atoms with Crippen molar-refractivity contribution in [3.05, 3.63) is 10.6 Å². The van der Waals surface area contributed by atoms with Gasteiger partial charge in [0.2, 0.25) is 0 Å². The Labute approximate surface area is 129 Å². The molecule has 0 spiro atoms. The SMILES string of the molecule is CCOC(=O)c1nc(NC2(C)CCCCC2)sc1C(C)=O. The smallest absolute Gasteiger partial charge is 0.358 e. The predicted molar refractivity (Wildman–Crippen MR) is 83.2 cm³/mol. The lowest BCUT2D eigenvalue weighted by atomic mass is 9.83. The van der Waals surface area contributed by atoms with Gasteiger partial charge in [0.15, 0.2) is 16.6 Å². The summed E-state index contributed by atoms with van der Waals surface area (Å²) >= 11 is 1.24. The Kier molecular flexibility index (Phi) is 4.98. The van der Waals surface area contributed by atoms with E-state index < -0.39 is 5.97 Å².